The fraction of sp³-hybridized carbons (Fsp3) is 0.375. The average Bonchev–Trinajstić information content (AvgIpc) is 2.99. The van der Waals surface area contributed by atoms with E-state index in [-0.39, 0.29) is 12.4 Å². The van der Waals surface area contributed by atoms with Gasteiger partial charge in [0.15, 0.2) is 5.89 Å². The lowest BCUT2D eigenvalue weighted by Gasteiger charge is -2.35. The summed E-state index contributed by atoms with van der Waals surface area (Å²) < 4.78 is 5.71. The van der Waals surface area contributed by atoms with E-state index in [0.717, 1.165) is 26.2 Å². The molecule has 1 aliphatic rings. The molecule has 1 fully saturated rings. The summed E-state index contributed by atoms with van der Waals surface area (Å²) in [4.78, 5) is 8.68. The maximum absolute atomic E-state index is 9.18. The van der Waals surface area contributed by atoms with E-state index in [4.69, 9.17) is 4.42 Å². The number of nitrogens with zero attached hydrogens (tertiary/aromatic N) is 4. The summed E-state index contributed by atoms with van der Waals surface area (Å²) in [7, 11) is 0. The Kier molecular flexibility index (Phi) is 5.29. The van der Waals surface area contributed by atoms with Gasteiger partial charge in [0.25, 0.3) is 0 Å². The number of rotatable bonds is 3. The van der Waals surface area contributed by atoms with Crippen molar-refractivity contribution in [3.8, 4) is 6.07 Å². The first-order chi connectivity index (χ1) is 10.3. The van der Waals surface area contributed by atoms with Gasteiger partial charge < -0.3 is 14.2 Å². The number of hydrogen-bond acceptors (Lipinski definition) is 5. The first-order valence-electron chi connectivity index (χ1n) is 7.26. The van der Waals surface area contributed by atoms with E-state index < -0.39 is 0 Å². The van der Waals surface area contributed by atoms with Gasteiger partial charge in [0.1, 0.15) is 6.07 Å². The van der Waals surface area contributed by atoms with Crippen molar-refractivity contribution < 1.29 is 4.42 Å². The van der Waals surface area contributed by atoms with Crippen LogP contribution in [0.2, 0.25) is 0 Å². The third-order valence-electron chi connectivity index (χ3n) is 3.75. The Hall–Kier alpha value is -2.19. The van der Waals surface area contributed by atoms with Crippen molar-refractivity contribution in [2.75, 3.05) is 36.0 Å². The molecule has 0 amide bonds. The summed E-state index contributed by atoms with van der Waals surface area (Å²) in [5.41, 5.74) is 1.64. The van der Waals surface area contributed by atoms with Crippen LogP contribution in [0.3, 0.4) is 0 Å². The average molecular weight is 319 g/mol. The molecule has 0 atom stereocenters. The molecule has 2 heterocycles. The Morgan fingerprint density at radius 2 is 1.77 bits per heavy atom. The molecule has 116 valence electrons. The van der Waals surface area contributed by atoms with E-state index in [1.807, 2.05) is 13.0 Å². The van der Waals surface area contributed by atoms with Gasteiger partial charge >= 0.3 is 0 Å². The minimum Gasteiger partial charge on any atom is -0.424 e. The van der Waals surface area contributed by atoms with Crippen LogP contribution in [-0.4, -0.2) is 31.2 Å². The molecular formula is C16H19ClN4O. The Balaban J connectivity index is 0.00000176. The van der Waals surface area contributed by atoms with Crippen molar-refractivity contribution in [2.45, 2.75) is 13.3 Å². The van der Waals surface area contributed by atoms with Gasteiger partial charge in [-0.15, -0.1) is 12.4 Å². The highest BCUT2D eigenvalue weighted by molar-refractivity contribution is 5.85. The highest BCUT2D eigenvalue weighted by Gasteiger charge is 2.23. The Labute approximate surface area is 136 Å². The maximum atomic E-state index is 9.18. The number of benzene rings is 1. The van der Waals surface area contributed by atoms with Crippen molar-refractivity contribution in [1.29, 1.82) is 5.26 Å². The number of oxazole rings is 1. The van der Waals surface area contributed by atoms with Crippen LogP contribution in [0.1, 0.15) is 18.5 Å². The number of nitriles is 1. The maximum Gasteiger partial charge on any atom is 0.234 e. The molecule has 0 unspecified atom stereocenters. The van der Waals surface area contributed by atoms with Gasteiger partial charge in [0.05, 0.1) is 0 Å². The first-order valence-corrected chi connectivity index (χ1v) is 7.26. The second-order valence-corrected chi connectivity index (χ2v) is 5.04. The molecule has 1 aliphatic heterocycles. The number of aromatic nitrogens is 1. The van der Waals surface area contributed by atoms with Crippen molar-refractivity contribution in [3.05, 3.63) is 41.9 Å². The number of anilines is 2. The zero-order chi connectivity index (χ0) is 14.7. The minimum atomic E-state index is 0. The monoisotopic (exact) mass is 318 g/mol. The summed E-state index contributed by atoms with van der Waals surface area (Å²) in [5.74, 6) is 1.26. The van der Waals surface area contributed by atoms with E-state index in [0.29, 0.717) is 23.9 Å². The van der Waals surface area contributed by atoms with Crippen molar-refractivity contribution in [3.63, 3.8) is 0 Å². The molecule has 0 saturated carbocycles. The number of halogens is 1. The van der Waals surface area contributed by atoms with Crippen molar-refractivity contribution in [1.82, 2.24) is 4.98 Å². The first kappa shape index (κ1) is 16.2. The van der Waals surface area contributed by atoms with Crippen LogP contribution in [0.25, 0.3) is 0 Å². The summed E-state index contributed by atoms with van der Waals surface area (Å²) >= 11 is 0. The van der Waals surface area contributed by atoms with Crippen LogP contribution in [-0.2, 0) is 6.42 Å². The predicted octanol–water partition coefficient (Wildman–Crippen LogP) is 2.86. The molecule has 0 N–H and O–H groups in total. The zero-order valence-corrected chi connectivity index (χ0v) is 13.3. The molecule has 22 heavy (non-hydrogen) atoms. The standard InChI is InChI=1S/C16H18N4O.ClH/c1-2-15-18-14(12-17)16(21-15)20-10-8-19(9-11-20)13-6-4-3-5-7-13;/h3-7H,2,8-11H2,1H3;1H. The van der Waals surface area contributed by atoms with E-state index in [1.54, 1.807) is 0 Å². The van der Waals surface area contributed by atoms with E-state index >= 15 is 0 Å². The molecule has 3 rings (SSSR count). The van der Waals surface area contributed by atoms with Gasteiger partial charge in [-0.25, -0.2) is 4.98 Å². The van der Waals surface area contributed by atoms with Gasteiger partial charge in [0, 0.05) is 38.3 Å². The lowest BCUT2D eigenvalue weighted by atomic mass is 10.2. The van der Waals surface area contributed by atoms with E-state index in [1.165, 1.54) is 5.69 Å². The molecule has 0 aliphatic carbocycles. The highest BCUT2D eigenvalue weighted by atomic mass is 35.5. The SMILES string of the molecule is CCc1nc(C#N)c(N2CCN(c3ccccc3)CC2)o1.Cl. The second kappa shape index (κ2) is 7.19. The molecule has 0 radical (unpaired) electrons. The summed E-state index contributed by atoms with van der Waals surface area (Å²) in [5, 5.41) is 9.18. The lowest BCUT2D eigenvalue weighted by Crippen LogP contribution is -2.46. The lowest BCUT2D eigenvalue weighted by molar-refractivity contribution is 0.481. The molecule has 1 saturated heterocycles. The molecular weight excluding hydrogens is 300 g/mol. The number of hydrogen-bond donors (Lipinski definition) is 0. The second-order valence-electron chi connectivity index (χ2n) is 5.04. The molecule has 1 aromatic carbocycles. The van der Waals surface area contributed by atoms with Crippen LogP contribution in [0.15, 0.2) is 34.7 Å². The van der Waals surface area contributed by atoms with E-state index in [2.05, 4.69) is 45.1 Å². The number of aryl methyl sites for hydroxylation is 1. The Morgan fingerprint density at radius 3 is 2.36 bits per heavy atom. The molecule has 0 bridgehead atoms. The zero-order valence-electron chi connectivity index (χ0n) is 12.5. The van der Waals surface area contributed by atoms with Crippen LogP contribution < -0.4 is 9.80 Å². The number of piperazine rings is 1. The summed E-state index contributed by atoms with van der Waals surface area (Å²) in [6, 6.07) is 12.5. The van der Waals surface area contributed by atoms with Crippen molar-refractivity contribution >= 4 is 24.0 Å². The van der Waals surface area contributed by atoms with Gasteiger partial charge in [-0.3, -0.25) is 0 Å². The highest BCUT2D eigenvalue weighted by Crippen LogP contribution is 2.24. The fourth-order valence-corrected chi connectivity index (χ4v) is 2.60. The van der Waals surface area contributed by atoms with Crippen LogP contribution in [0.5, 0.6) is 0 Å². The predicted molar refractivity (Wildman–Crippen MR) is 88.7 cm³/mol. The minimum absolute atomic E-state index is 0. The largest absolute Gasteiger partial charge is 0.424 e. The normalized spacial score (nSPS) is 14.4. The molecule has 5 nitrogen and oxygen atoms in total. The third-order valence-corrected chi connectivity index (χ3v) is 3.75. The Bertz CT molecular complexity index is 642. The molecule has 1 aromatic heterocycles. The van der Waals surface area contributed by atoms with Crippen molar-refractivity contribution in [2.24, 2.45) is 0 Å². The van der Waals surface area contributed by atoms with E-state index in [9.17, 15) is 5.26 Å². The third kappa shape index (κ3) is 3.18. The molecule has 0 spiro atoms. The number of para-hydroxylation sites is 1. The van der Waals surface area contributed by atoms with Crippen LogP contribution in [0.4, 0.5) is 11.6 Å². The topological polar surface area (TPSA) is 56.3 Å². The smallest absolute Gasteiger partial charge is 0.234 e. The van der Waals surface area contributed by atoms with Gasteiger partial charge in [0.2, 0.25) is 11.6 Å². The Morgan fingerprint density at radius 1 is 1.14 bits per heavy atom. The van der Waals surface area contributed by atoms with Gasteiger partial charge in [-0.1, -0.05) is 25.1 Å². The van der Waals surface area contributed by atoms with Crippen LogP contribution >= 0.6 is 12.4 Å². The van der Waals surface area contributed by atoms with Gasteiger partial charge in [-0.2, -0.15) is 5.26 Å². The molecule has 2 aromatic rings. The van der Waals surface area contributed by atoms with Gasteiger partial charge in [-0.05, 0) is 12.1 Å². The van der Waals surface area contributed by atoms with Crippen LogP contribution in [0, 0.1) is 11.3 Å². The summed E-state index contributed by atoms with van der Waals surface area (Å²) in [6.45, 7) is 5.47. The fourth-order valence-electron chi connectivity index (χ4n) is 2.60. The summed E-state index contributed by atoms with van der Waals surface area (Å²) in [6.07, 6.45) is 0.707. The quantitative estimate of drug-likeness (QED) is 0.871. The molecule has 6 heteroatoms.